The normalized spacial score (nSPS) is 14.8. The van der Waals surface area contributed by atoms with E-state index in [0.29, 0.717) is 16.0 Å². The molecule has 8 heteroatoms. The summed E-state index contributed by atoms with van der Waals surface area (Å²) in [5.74, 6) is 1.38. The first-order chi connectivity index (χ1) is 16.5. The molecule has 0 unspecified atom stereocenters. The number of carbonyl (C=O) groups is 1. The number of hydrogen-bond donors (Lipinski definition) is 1. The summed E-state index contributed by atoms with van der Waals surface area (Å²) in [4.78, 5) is 18.5. The Hall–Kier alpha value is -3.16. The van der Waals surface area contributed by atoms with Gasteiger partial charge in [0.1, 0.15) is 11.6 Å². The van der Waals surface area contributed by atoms with Crippen molar-refractivity contribution in [3.05, 3.63) is 76.3 Å². The number of anilines is 1. The van der Waals surface area contributed by atoms with Crippen molar-refractivity contribution in [3.8, 4) is 22.1 Å². The lowest BCUT2D eigenvalue weighted by Crippen LogP contribution is -2.38. The van der Waals surface area contributed by atoms with E-state index < -0.39 is 5.41 Å². The Labute approximate surface area is 207 Å². The molecular weight excluding hydrogens is 468 g/mol. The van der Waals surface area contributed by atoms with Crippen LogP contribution in [0, 0.1) is 6.92 Å². The van der Waals surface area contributed by atoms with Crippen LogP contribution in [0.25, 0.3) is 16.4 Å². The number of thiazole rings is 1. The molecule has 1 aliphatic carbocycles. The van der Waals surface area contributed by atoms with Gasteiger partial charge in [-0.25, -0.2) is 4.98 Å². The first-order valence-electron chi connectivity index (χ1n) is 11.2. The molecule has 4 aromatic rings. The minimum atomic E-state index is -0.567. The SMILES string of the molecule is COc1cccc(-c2csc(-n3nc(C)cc3NC(=O)C3(c4ccc(Cl)cc4)CCCC3)n2)c1. The molecule has 2 aromatic carbocycles. The largest absolute Gasteiger partial charge is 0.497 e. The molecule has 1 saturated carbocycles. The molecule has 174 valence electrons. The van der Waals surface area contributed by atoms with Gasteiger partial charge in [0.25, 0.3) is 0 Å². The molecule has 0 aliphatic heterocycles. The van der Waals surface area contributed by atoms with Gasteiger partial charge in [-0.3, -0.25) is 4.79 Å². The summed E-state index contributed by atoms with van der Waals surface area (Å²) in [5.41, 5.74) is 3.04. The molecule has 2 aromatic heterocycles. The highest BCUT2D eigenvalue weighted by Gasteiger charge is 2.43. The van der Waals surface area contributed by atoms with Crippen molar-refractivity contribution < 1.29 is 9.53 Å². The van der Waals surface area contributed by atoms with Crippen molar-refractivity contribution >= 4 is 34.7 Å². The van der Waals surface area contributed by atoms with Gasteiger partial charge in [0, 0.05) is 22.0 Å². The van der Waals surface area contributed by atoms with Crippen LogP contribution < -0.4 is 10.1 Å². The predicted molar refractivity (Wildman–Crippen MR) is 136 cm³/mol. The Bertz CT molecular complexity index is 1320. The maximum absolute atomic E-state index is 13.7. The van der Waals surface area contributed by atoms with Crippen molar-refractivity contribution in [3.63, 3.8) is 0 Å². The average Bonchev–Trinajstić information content (AvgIpc) is 3.60. The first-order valence-corrected chi connectivity index (χ1v) is 12.5. The summed E-state index contributed by atoms with van der Waals surface area (Å²) in [6, 6.07) is 17.3. The van der Waals surface area contributed by atoms with Crippen LogP contribution in [0.15, 0.2) is 60.0 Å². The first kappa shape index (κ1) is 22.6. The third-order valence-corrected chi connectivity index (χ3v) is 7.47. The number of nitrogens with one attached hydrogen (secondary N) is 1. The molecule has 0 bridgehead atoms. The van der Waals surface area contributed by atoms with E-state index >= 15 is 0 Å². The van der Waals surface area contributed by atoms with Crippen LogP contribution in [-0.2, 0) is 10.2 Å². The number of rotatable bonds is 6. The lowest BCUT2D eigenvalue weighted by Gasteiger charge is -2.28. The zero-order chi connectivity index (χ0) is 23.7. The highest BCUT2D eigenvalue weighted by molar-refractivity contribution is 7.12. The van der Waals surface area contributed by atoms with Crippen molar-refractivity contribution in [1.29, 1.82) is 0 Å². The minimum absolute atomic E-state index is 0.0157. The van der Waals surface area contributed by atoms with Crippen molar-refractivity contribution in [2.45, 2.75) is 38.0 Å². The van der Waals surface area contributed by atoms with Crippen LogP contribution in [0.3, 0.4) is 0 Å². The van der Waals surface area contributed by atoms with E-state index in [1.54, 1.807) is 11.8 Å². The number of hydrogen-bond acceptors (Lipinski definition) is 5. The zero-order valence-electron chi connectivity index (χ0n) is 19.0. The molecule has 5 rings (SSSR count). The van der Waals surface area contributed by atoms with Crippen LogP contribution in [0.1, 0.15) is 36.9 Å². The molecule has 1 fully saturated rings. The van der Waals surface area contributed by atoms with Gasteiger partial charge in [0.15, 0.2) is 0 Å². The third kappa shape index (κ3) is 4.21. The molecule has 0 atom stereocenters. The monoisotopic (exact) mass is 492 g/mol. The number of halogens is 1. The second-order valence-electron chi connectivity index (χ2n) is 8.58. The number of nitrogens with zero attached hydrogens (tertiary/aromatic N) is 3. The summed E-state index contributed by atoms with van der Waals surface area (Å²) in [6.45, 7) is 1.91. The van der Waals surface area contributed by atoms with Crippen molar-refractivity contribution in [2.75, 3.05) is 12.4 Å². The minimum Gasteiger partial charge on any atom is -0.497 e. The fourth-order valence-electron chi connectivity index (χ4n) is 4.64. The second-order valence-corrected chi connectivity index (χ2v) is 9.85. The molecule has 1 amide bonds. The maximum Gasteiger partial charge on any atom is 0.236 e. The standard InChI is InChI=1S/C26H25ClN4O2S/c1-17-14-23(29-24(32)26(12-3-4-13-26)19-8-10-20(27)11-9-19)31(30-17)25-28-22(16-34-25)18-6-5-7-21(15-18)33-2/h5-11,14-16H,3-4,12-13H2,1-2H3,(H,29,32). The van der Waals surface area contributed by atoms with E-state index in [-0.39, 0.29) is 5.91 Å². The van der Waals surface area contributed by atoms with Gasteiger partial charge < -0.3 is 10.1 Å². The van der Waals surface area contributed by atoms with Crippen LogP contribution >= 0.6 is 22.9 Å². The molecular formula is C26H25ClN4O2S. The molecule has 1 aliphatic rings. The lowest BCUT2D eigenvalue weighted by molar-refractivity contribution is -0.121. The molecule has 6 nitrogen and oxygen atoms in total. The molecule has 0 radical (unpaired) electrons. The second kappa shape index (κ2) is 9.24. The van der Waals surface area contributed by atoms with E-state index in [1.807, 2.05) is 66.9 Å². The molecule has 34 heavy (non-hydrogen) atoms. The summed E-state index contributed by atoms with van der Waals surface area (Å²) in [5, 5.41) is 11.1. The Morgan fingerprint density at radius 2 is 1.91 bits per heavy atom. The maximum atomic E-state index is 13.7. The van der Waals surface area contributed by atoms with E-state index in [9.17, 15) is 4.79 Å². The van der Waals surface area contributed by atoms with Crippen LogP contribution in [0.5, 0.6) is 5.75 Å². The summed E-state index contributed by atoms with van der Waals surface area (Å²) >= 11 is 7.58. The predicted octanol–water partition coefficient (Wildman–Crippen LogP) is 6.42. The van der Waals surface area contributed by atoms with Gasteiger partial charge in [0.2, 0.25) is 11.0 Å². The fraction of sp³-hybridized carbons (Fsp3) is 0.269. The van der Waals surface area contributed by atoms with Crippen molar-refractivity contribution in [1.82, 2.24) is 14.8 Å². The van der Waals surface area contributed by atoms with Gasteiger partial charge in [-0.05, 0) is 49.6 Å². The quantitative estimate of drug-likeness (QED) is 0.337. The Kier molecular flexibility index (Phi) is 6.15. The zero-order valence-corrected chi connectivity index (χ0v) is 20.6. The number of amides is 1. The van der Waals surface area contributed by atoms with Crippen LogP contribution in [0.4, 0.5) is 5.82 Å². The topological polar surface area (TPSA) is 69.0 Å². The van der Waals surface area contributed by atoms with Gasteiger partial charge in [-0.15, -0.1) is 11.3 Å². The van der Waals surface area contributed by atoms with E-state index in [4.69, 9.17) is 21.3 Å². The van der Waals surface area contributed by atoms with Crippen LogP contribution in [-0.4, -0.2) is 27.8 Å². The molecule has 0 saturated heterocycles. The smallest absolute Gasteiger partial charge is 0.236 e. The molecule has 2 heterocycles. The molecule has 1 N–H and O–H groups in total. The molecule has 0 spiro atoms. The highest BCUT2D eigenvalue weighted by Crippen LogP contribution is 2.42. The lowest BCUT2D eigenvalue weighted by atomic mass is 9.78. The highest BCUT2D eigenvalue weighted by atomic mass is 35.5. The average molecular weight is 493 g/mol. The van der Waals surface area contributed by atoms with E-state index in [1.165, 1.54) is 11.3 Å². The number of ether oxygens (including phenoxy) is 1. The van der Waals surface area contributed by atoms with Crippen LogP contribution in [0.2, 0.25) is 5.02 Å². The number of benzene rings is 2. The van der Waals surface area contributed by atoms with Gasteiger partial charge in [-0.1, -0.05) is 48.7 Å². The van der Waals surface area contributed by atoms with Gasteiger partial charge in [0.05, 0.1) is 23.9 Å². The summed E-state index contributed by atoms with van der Waals surface area (Å²) in [6.07, 6.45) is 3.66. The number of carbonyl (C=O) groups excluding carboxylic acids is 1. The Morgan fingerprint density at radius 1 is 1.15 bits per heavy atom. The fourth-order valence-corrected chi connectivity index (χ4v) is 5.56. The number of methoxy groups -OCH3 is 1. The Balaban J connectivity index is 1.45. The van der Waals surface area contributed by atoms with E-state index in [0.717, 1.165) is 53.9 Å². The summed E-state index contributed by atoms with van der Waals surface area (Å²) in [7, 11) is 1.65. The van der Waals surface area contributed by atoms with Gasteiger partial charge >= 0.3 is 0 Å². The number of aromatic nitrogens is 3. The van der Waals surface area contributed by atoms with Gasteiger partial charge in [-0.2, -0.15) is 9.78 Å². The number of aryl methyl sites for hydroxylation is 1. The Morgan fingerprint density at radius 3 is 2.65 bits per heavy atom. The third-order valence-electron chi connectivity index (χ3n) is 6.40. The summed E-state index contributed by atoms with van der Waals surface area (Å²) < 4.78 is 7.05. The van der Waals surface area contributed by atoms with E-state index in [2.05, 4.69) is 10.4 Å². The van der Waals surface area contributed by atoms with Crippen molar-refractivity contribution in [2.24, 2.45) is 0 Å².